The normalized spacial score (nSPS) is 17.2. The average molecular weight is 490 g/mol. The molecule has 0 atom stereocenters. The second kappa shape index (κ2) is 10.7. The van der Waals surface area contributed by atoms with Crippen LogP contribution in [0.4, 0.5) is 5.69 Å². The van der Waals surface area contributed by atoms with Crippen LogP contribution >= 0.6 is 11.8 Å². The number of anilines is 1. The predicted octanol–water partition coefficient (Wildman–Crippen LogP) is 2.67. The van der Waals surface area contributed by atoms with Gasteiger partial charge in [-0.3, -0.25) is 9.59 Å². The Hall–Kier alpha value is -2.40. The molecule has 2 heterocycles. The van der Waals surface area contributed by atoms with Gasteiger partial charge in [0.15, 0.2) is 0 Å². The topological polar surface area (TPSA) is 96.0 Å². The lowest BCUT2D eigenvalue weighted by Crippen LogP contribution is -2.40. The molecule has 0 aliphatic carbocycles. The van der Waals surface area contributed by atoms with Crippen molar-refractivity contribution in [2.24, 2.45) is 0 Å². The van der Waals surface area contributed by atoms with Crippen LogP contribution in [-0.4, -0.2) is 74.6 Å². The monoisotopic (exact) mass is 489 g/mol. The summed E-state index contributed by atoms with van der Waals surface area (Å²) in [5.41, 5.74) is 0.834. The Morgan fingerprint density at radius 3 is 2.45 bits per heavy atom. The first-order valence-corrected chi connectivity index (χ1v) is 13.4. The number of carbonyl (C=O) groups excluding carboxylic acids is 2. The lowest BCUT2D eigenvalue weighted by atomic mass is 10.2. The van der Waals surface area contributed by atoms with Crippen LogP contribution in [0.15, 0.2) is 58.3 Å². The van der Waals surface area contributed by atoms with Crippen molar-refractivity contribution in [2.45, 2.75) is 22.6 Å². The number of morpholine rings is 1. The summed E-state index contributed by atoms with van der Waals surface area (Å²) in [4.78, 5) is 28.1. The Morgan fingerprint density at radius 1 is 0.970 bits per heavy atom. The van der Waals surface area contributed by atoms with Crippen molar-refractivity contribution >= 4 is 39.3 Å². The number of likely N-dealkylation sites (tertiary alicyclic amines) is 1. The number of nitrogens with zero attached hydrogens (tertiary/aromatic N) is 2. The van der Waals surface area contributed by atoms with Gasteiger partial charge in [-0.15, -0.1) is 11.8 Å². The van der Waals surface area contributed by atoms with E-state index in [-0.39, 0.29) is 22.5 Å². The van der Waals surface area contributed by atoms with E-state index in [9.17, 15) is 18.0 Å². The second-order valence-electron chi connectivity index (χ2n) is 7.87. The predicted molar refractivity (Wildman–Crippen MR) is 127 cm³/mol. The number of carbonyl (C=O) groups is 2. The third-order valence-electron chi connectivity index (χ3n) is 5.64. The second-order valence-corrected chi connectivity index (χ2v) is 10.8. The quantitative estimate of drug-likeness (QED) is 0.601. The zero-order chi connectivity index (χ0) is 23.3. The molecule has 2 aliphatic rings. The van der Waals surface area contributed by atoms with Gasteiger partial charge in [-0.2, -0.15) is 4.31 Å². The van der Waals surface area contributed by atoms with E-state index in [2.05, 4.69) is 5.32 Å². The van der Waals surface area contributed by atoms with Crippen molar-refractivity contribution in [3.63, 3.8) is 0 Å². The Kier molecular flexibility index (Phi) is 7.69. The van der Waals surface area contributed by atoms with Crippen molar-refractivity contribution in [2.75, 3.05) is 50.5 Å². The SMILES string of the molecule is O=C(Nc1cccc(S(=O)(=O)N2CCOCC2)c1)c1ccccc1SCC(=O)N1CCCC1. The van der Waals surface area contributed by atoms with Gasteiger partial charge in [-0.25, -0.2) is 8.42 Å². The van der Waals surface area contributed by atoms with Crippen LogP contribution < -0.4 is 5.32 Å². The Balaban J connectivity index is 1.45. The molecule has 4 rings (SSSR count). The van der Waals surface area contributed by atoms with E-state index in [1.165, 1.54) is 28.2 Å². The zero-order valence-electron chi connectivity index (χ0n) is 18.2. The van der Waals surface area contributed by atoms with E-state index in [1.54, 1.807) is 24.3 Å². The summed E-state index contributed by atoms with van der Waals surface area (Å²) in [6.45, 7) is 2.94. The minimum Gasteiger partial charge on any atom is -0.379 e. The third kappa shape index (κ3) is 5.75. The number of benzene rings is 2. The number of hydrogen-bond acceptors (Lipinski definition) is 6. The Morgan fingerprint density at radius 2 is 1.70 bits per heavy atom. The summed E-state index contributed by atoms with van der Waals surface area (Å²) in [7, 11) is -3.66. The van der Waals surface area contributed by atoms with E-state index in [4.69, 9.17) is 4.74 Å². The van der Waals surface area contributed by atoms with Crippen molar-refractivity contribution in [3.05, 3.63) is 54.1 Å². The highest BCUT2D eigenvalue weighted by Gasteiger charge is 2.26. The first kappa shape index (κ1) is 23.7. The number of amides is 2. The first-order chi connectivity index (χ1) is 15.9. The molecular weight excluding hydrogens is 462 g/mol. The molecule has 0 saturated carbocycles. The van der Waals surface area contributed by atoms with Gasteiger partial charge in [-0.1, -0.05) is 18.2 Å². The fourth-order valence-electron chi connectivity index (χ4n) is 3.85. The molecule has 0 aromatic heterocycles. The molecule has 33 heavy (non-hydrogen) atoms. The molecule has 1 N–H and O–H groups in total. The fourth-order valence-corrected chi connectivity index (χ4v) is 6.25. The maximum Gasteiger partial charge on any atom is 0.256 e. The summed E-state index contributed by atoms with van der Waals surface area (Å²) < 4.78 is 32.5. The van der Waals surface area contributed by atoms with Gasteiger partial charge >= 0.3 is 0 Å². The van der Waals surface area contributed by atoms with Gasteiger partial charge in [0.25, 0.3) is 5.91 Å². The molecule has 10 heteroatoms. The van der Waals surface area contributed by atoms with Crippen molar-refractivity contribution < 1.29 is 22.7 Å². The van der Waals surface area contributed by atoms with Crippen LogP contribution in [0.2, 0.25) is 0 Å². The highest BCUT2D eigenvalue weighted by atomic mass is 32.2. The van der Waals surface area contributed by atoms with Gasteiger partial charge in [0, 0.05) is 36.8 Å². The summed E-state index contributed by atoms with van der Waals surface area (Å²) in [6, 6.07) is 13.4. The molecule has 2 aromatic carbocycles. The fraction of sp³-hybridized carbons (Fsp3) is 0.391. The van der Waals surface area contributed by atoms with Crippen LogP contribution in [0.3, 0.4) is 0 Å². The van der Waals surface area contributed by atoms with Gasteiger partial charge in [-0.05, 0) is 43.2 Å². The molecule has 0 spiro atoms. The van der Waals surface area contributed by atoms with Gasteiger partial charge in [0.05, 0.1) is 29.4 Å². The molecule has 0 unspecified atom stereocenters. The summed E-state index contributed by atoms with van der Waals surface area (Å²) in [5, 5.41) is 2.80. The van der Waals surface area contributed by atoms with Gasteiger partial charge in [0.1, 0.15) is 0 Å². The van der Waals surface area contributed by atoms with Crippen LogP contribution in [0, 0.1) is 0 Å². The minimum absolute atomic E-state index is 0.0775. The van der Waals surface area contributed by atoms with E-state index in [1.807, 2.05) is 17.0 Å². The van der Waals surface area contributed by atoms with Crippen LogP contribution in [0.5, 0.6) is 0 Å². The van der Waals surface area contributed by atoms with E-state index >= 15 is 0 Å². The summed E-state index contributed by atoms with van der Waals surface area (Å²) >= 11 is 1.34. The molecule has 8 nitrogen and oxygen atoms in total. The minimum atomic E-state index is -3.66. The van der Waals surface area contributed by atoms with Crippen molar-refractivity contribution in [3.8, 4) is 0 Å². The maximum absolute atomic E-state index is 13.0. The number of nitrogens with one attached hydrogen (secondary N) is 1. The highest BCUT2D eigenvalue weighted by molar-refractivity contribution is 8.00. The zero-order valence-corrected chi connectivity index (χ0v) is 19.9. The number of ether oxygens (including phenoxy) is 1. The average Bonchev–Trinajstić information content (AvgIpc) is 3.39. The molecule has 2 fully saturated rings. The number of rotatable bonds is 7. The number of thioether (sulfide) groups is 1. The van der Waals surface area contributed by atoms with Gasteiger partial charge < -0.3 is 15.0 Å². The van der Waals surface area contributed by atoms with E-state index in [0.29, 0.717) is 42.4 Å². The molecule has 176 valence electrons. The smallest absolute Gasteiger partial charge is 0.256 e. The molecule has 2 amide bonds. The maximum atomic E-state index is 13.0. The molecular formula is C23H27N3O5S2. The molecule has 2 aromatic rings. The lowest BCUT2D eigenvalue weighted by Gasteiger charge is -2.26. The standard InChI is InChI=1S/C23H27N3O5S2/c27-22(25-10-3-4-11-25)17-32-21-9-2-1-8-20(21)23(28)24-18-6-5-7-19(16-18)33(29,30)26-12-14-31-15-13-26/h1-2,5-9,16H,3-4,10-15,17H2,(H,24,28). The van der Waals surface area contributed by atoms with Crippen molar-refractivity contribution in [1.82, 2.24) is 9.21 Å². The summed E-state index contributed by atoms with van der Waals surface area (Å²) in [6.07, 6.45) is 2.07. The number of hydrogen-bond donors (Lipinski definition) is 1. The van der Waals surface area contributed by atoms with Crippen LogP contribution in [-0.2, 0) is 19.6 Å². The summed E-state index contributed by atoms with van der Waals surface area (Å²) in [5.74, 6) is -0.00114. The third-order valence-corrected chi connectivity index (χ3v) is 8.59. The lowest BCUT2D eigenvalue weighted by molar-refractivity contribution is -0.127. The van der Waals surface area contributed by atoms with E-state index < -0.39 is 10.0 Å². The molecule has 2 aliphatic heterocycles. The van der Waals surface area contributed by atoms with E-state index in [0.717, 1.165) is 25.9 Å². The molecule has 2 saturated heterocycles. The van der Waals surface area contributed by atoms with Gasteiger partial charge in [0.2, 0.25) is 15.9 Å². The Bertz CT molecular complexity index is 1110. The highest BCUT2D eigenvalue weighted by Crippen LogP contribution is 2.26. The Labute approximate surface area is 198 Å². The molecule has 0 bridgehead atoms. The largest absolute Gasteiger partial charge is 0.379 e. The molecule has 0 radical (unpaired) electrons. The first-order valence-electron chi connectivity index (χ1n) is 10.9. The number of sulfonamides is 1. The van der Waals surface area contributed by atoms with Crippen LogP contribution in [0.25, 0.3) is 0 Å². The van der Waals surface area contributed by atoms with Crippen molar-refractivity contribution in [1.29, 1.82) is 0 Å². The van der Waals surface area contributed by atoms with Crippen LogP contribution in [0.1, 0.15) is 23.2 Å².